The number of nitrogens with zero attached hydrogens (tertiary/aromatic N) is 3. The lowest BCUT2D eigenvalue weighted by Gasteiger charge is -2.11. The molecule has 0 atom stereocenters. The van der Waals surface area contributed by atoms with Crippen LogP contribution in [0.25, 0.3) is 0 Å². The van der Waals surface area contributed by atoms with E-state index < -0.39 is 11.6 Å². The van der Waals surface area contributed by atoms with Gasteiger partial charge in [-0.05, 0) is 24.3 Å². The van der Waals surface area contributed by atoms with Gasteiger partial charge in [0.05, 0.1) is 0 Å². The van der Waals surface area contributed by atoms with Crippen LogP contribution in [0.1, 0.15) is 16.1 Å². The zero-order valence-electron chi connectivity index (χ0n) is 13.2. The Balaban J connectivity index is 1.73. The van der Waals surface area contributed by atoms with Gasteiger partial charge in [-0.3, -0.25) is 9.48 Å². The van der Waals surface area contributed by atoms with Crippen molar-refractivity contribution >= 4 is 5.91 Å². The zero-order chi connectivity index (χ0) is 17.8. The molecule has 2 aromatic heterocycles. The molecule has 3 rings (SSSR count). The molecule has 8 heteroatoms. The van der Waals surface area contributed by atoms with Crippen LogP contribution < -0.4 is 10.1 Å². The average molecular weight is 344 g/mol. The maximum Gasteiger partial charge on any atom is 0.269 e. The molecule has 128 valence electrons. The molecule has 0 saturated heterocycles. The van der Waals surface area contributed by atoms with E-state index >= 15 is 0 Å². The van der Waals surface area contributed by atoms with Crippen LogP contribution in [0, 0.1) is 11.6 Å². The first-order valence-electron chi connectivity index (χ1n) is 7.37. The van der Waals surface area contributed by atoms with Crippen molar-refractivity contribution in [2.24, 2.45) is 7.05 Å². The predicted octanol–water partition coefficient (Wildman–Crippen LogP) is 2.82. The molecule has 1 amide bonds. The Morgan fingerprint density at radius 1 is 1.20 bits per heavy atom. The normalized spacial score (nSPS) is 10.5. The van der Waals surface area contributed by atoms with Gasteiger partial charge in [0.1, 0.15) is 11.4 Å². The molecule has 0 fully saturated rings. The van der Waals surface area contributed by atoms with Gasteiger partial charge in [0, 0.05) is 37.6 Å². The van der Waals surface area contributed by atoms with E-state index in [0.29, 0.717) is 11.3 Å². The highest BCUT2D eigenvalue weighted by atomic mass is 19.2. The molecule has 0 unspecified atom stereocenters. The summed E-state index contributed by atoms with van der Waals surface area (Å²) in [6, 6.07) is 8.19. The number of ether oxygens (including phenoxy) is 1. The van der Waals surface area contributed by atoms with Crippen molar-refractivity contribution in [1.82, 2.24) is 20.1 Å². The summed E-state index contributed by atoms with van der Waals surface area (Å²) in [5.74, 6) is -1.98. The molecule has 1 N–H and O–H groups in total. The Morgan fingerprint density at radius 3 is 2.76 bits per heavy atom. The van der Waals surface area contributed by atoms with Crippen molar-refractivity contribution in [1.29, 1.82) is 0 Å². The third-order valence-corrected chi connectivity index (χ3v) is 3.45. The van der Waals surface area contributed by atoms with Crippen LogP contribution in [-0.2, 0) is 13.6 Å². The number of halogens is 2. The largest absolute Gasteiger partial charge is 0.439 e. The van der Waals surface area contributed by atoms with Gasteiger partial charge in [0.15, 0.2) is 11.6 Å². The number of aryl methyl sites for hydroxylation is 1. The summed E-state index contributed by atoms with van der Waals surface area (Å²) in [7, 11) is 1.66. The van der Waals surface area contributed by atoms with E-state index in [2.05, 4.69) is 15.4 Å². The van der Waals surface area contributed by atoms with Crippen molar-refractivity contribution in [2.75, 3.05) is 0 Å². The molecule has 25 heavy (non-hydrogen) atoms. The number of carbonyl (C=O) groups excluding carboxylic acids is 1. The molecule has 6 nitrogen and oxygen atoms in total. The van der Waals surface area contributed by atoms with Gasteiger partial charge in [-0.1, -0.05) is 6.07 Å². The number of carbonyl (C=O) groups is 1. The standard InChI is InChI=1S/C17H14F2N4O2/c1-23-15(6-8-22-23)16(24)21-10-11-3-2-7-20-17(11)25-12-4-5-13(18)14(19)9-12/h2-9H,10H2,1H3,(H,21,24). The first kappa shape index (κ1) is 16.6. The number of hydrogen-bond acceptors (Lipinski definition) is 4. The minimum Gasteiger partial charge on any atom is -0.439 e. The molecule has 0 aliphatic heterocycles. The number of rotatable bonds is 5. The summed E-state index contributed by atoms with van der Waals surface area (Å²) in [6.07, 6.45) is 3.03. The van der Waals surface area contributed by atoms with E-state index in [9.17, 15) is 13.6 Å². The minimum absolute atomic E-state index is 0.108. The van der Waals surface area contributed by atoms with E-state index in [1.165, 1.54) is 23.1 Å². The van der Waals surface area contributed by atoms with Crippen LogP contribution >= 0.6 is 0 Å². The zero-order valence-corrected chi connectivity index (χ0v) is 13.2. The molecule has 0 spiro atoms. The van der Waals surface area contributed by atoms with Gasteiger partial charge in [-0.15, -0.1) is 0 Å². The third kappa shape index (κ3) is 3.79. The number of amides is 1. The lowest BCUT2D eigenvalue weighted by molar-refractivity contribution is 0.0941. The second kappa shape index (κ2) is 7.08. The van der Waals surface area contributed by atoms with Gasteiger partial charge in [-0.2, -0.15) is 5.10 Å². The molecule has 3 aromatic rings. The maximum atomic E-state index is 13.3. The average Bonchev–Trinajstić information content (AvgIpc) is 3.03. The topological polar surface area (TPSA) is 69.0 Å². The van der Waals surface area contributed by atoms with Crippen LogP contribution in [0.2, 0.25) is 0 Å². The molecule has 0 bridgehead atoms. The molecule has 0 radical (unpaired) electrons. The highest BCUT2D eigenvalue weighted by Crippen LogP contribution is 2.24. The van der Waals surface area contributed by atoms with E-state index in [1.54, 1.807) is 25.2 Å². The summed E-state index contributed by atoms with van der Waals surface area (Å²) < 4.78 is 33.2. The summed E-state index contributed by atoms with van der Waals surface area (Å²) >= 11 is 0. The second-order valence-electron chi connectivity index (χ2n) is 5.17. The van der Waals surface area contributed by atoms with E-state index in [-0.39, 0.29) is 24.1 Å². The molecular weight excluding hydrogens is 330 g/mol. The SMILES string of the molecule is Cn1nccc1C(=O)NCc1cccnc1Oc1ccc(F)c(F)c1. The third-order valence-electron chi connectivity index (χ3n) is 3.45. The lowest BCUT2D eigenvalue weighted by Crippen LogP contribution is -2.25. The fraction of sp³-hybridized carbons (Fsp3) is 0.118. The molecule has 1 aromatic carbocycles. The van der Waals surface area contributed by atoms with Crippen LogP contribution in [0.15, 0.2) is 48.8 Å². The van der Waals surface area contributed by atoms with Crippen LogP contribution in [0.5, 0.6) is 11.6 Å². The molecule has 0 aliphatic carbocycles. The summed E-state index contributed by atoms with van der Waals surface area (Å²) in [4.78, 5) is 16.2. The van der Waals surface area contributed by atoms with Crippen molar-refractivity contribution in [2.45, 2.75) is 6.54 Å². The van der Waals surface area contributed by atoms with E-state index in [0.717, 1.165) is 12.1 Å². The van der Waals surface area contributed by atoms with Gasteiger partial charge in [0.2, 0.25) is 5.88 Å². The van der Waals surface area contributed by atoms with Gasteiger partial charge < -0.3 is 10.1 Å². The van der Waals surface area contributed by atoms with Crippen molar-refractivity contribution in [3.8, 4) is 11.6 Å². The quantitative estimate of drug-likeness (QED) is 0.773. The highest BCUT2D eigenvalue weighted by Gasteiger charge is 2.12. The van der Waals surface area contributed by atoms with Crippen molar-refractivity contribution in [3.63, 3.8) is 0 Å². The summed E-state index contributed by atoms with van der Waals surface area (Å²) in [5, 5.41) is 6.67. The monoisotopic (exact) mass is 344 g/mol. The number of aromatic nitrogens is 3. The van der Waals surface area contributed by atoms with Gasteiger partial charge in [0.25, 0.3) is 5.91 Å². The Hall–Kier alpha value is -3.29. The molecule has 0 aliphatic rings. The molecular formula is C17H14F2N4O2. The summed E-state index contributed by atoms with van der Waals surface area (Å²) in [6.45, 7) is 0.150. The molecule has 0 saturated carbocycles. The van der Waals surface area contributed by atoms with Gasteiger partial charge in [-0.25, -0.2) is 13.8 Å². The Morgan fingerprint density at radius 2 is 2.04 bits per heavy atom. The Kier molecular flexibility index (Phi) is 4.69. The Labute approximate surface area is 142 Å². The number of benzene rings is 1. The lowest BCUT2D eigenvalue weighted by atomic mass is 10.2. The van der Waals surface area contributed by atoms with Crippen molar-refractivity contribution < 1.29 is 18.3 Å². The van der Waals surface area contributed by atoms with E-state index in [4.69, 9.17) is 4.74 Å². The maximum absolute atomic E-state index is 13.3. The highest BCUT2D eigenvalue weighted by molar-refractivity contribution is 5.92. The number of hydrogen-bond donors (Lipinski definition) is 1. The second-order valence-corrected chi connectivity index (χ2v) is 5.17. The predicted molar refractivity (Wildman–Crippen MR) is 85.0 cm³/mol. The van der Waals surface area contributed by atoms with Crippen LogP contribution in [0.4, 0.5) is 8.78 Å². The van der Waals surface area contributed by atoms with Crippen LogP contribution in [0.3, 0.4) is 0 Å². The van der Waals surface area contributed by atoms with Crippen molar-refractivity contribution in [3.05, 3.63) is 71.7 Å². The van der Waals surface area contributed by atoms with Crippen LogP contribution in [-0.4, -0.2) is 20.7 Å². The summed E-state index contributed by atoms with van der Waals surface area (Å²) in [5.41, 5.74) is 0.995. The number of nitrogens with one attached hydrogen (secondary N) is 1. The fourth-order valence-electron chi connectivity index (χ4n) is 2.17. The Bertz CT molecular complexity index is 911. The molecule has 2 heterocycles. The van der Waals surface area contributed by atoms with Gasteiger partial charge >= 0.3 is 0 Å². The van der Waals surface area contributed by atoms with E-state index in [1.807, 2.05) is 0 Å². The first-order valence-corrected chi connectivity index (χ1v) is 7.37. The first-order chi connectivity index (χ1) is 12.0. The fourth-order valence-corrected chi connectivity index (χ4v) is 2.17. The minimum atomic E-state index is -1.01. The number of pyridine rings is 1. The smallest absolute Gasteiger partial charge is 0.269 e.